The number of aromatic amines is 1. The molecule has 0 unspecified atom stereocenters. The molecule has 2 aromatic rings. The molecule has 49 heavy (non-hydrogen) atoms. The number of aliphatic carboxylic acids is 1. The average molecular weight is 684 g/mol. The van der Waals surface area contributed by atoms with Crippen LogP contribution in [0.25, 0.3) is 10.9 Å². The first-order valence-corrected chi connectivity index (χ1v) is 17.6. The fraction of sp³-hybridized carbons (Fsp3) is 0.667. The molecule has 10 atom stereocenters. The maximum Gasteiger partial charge on any atom is 0.326 e. The number of benzene rings is 1. The smallest absolute Gasteiger partial charge is 0.326 e. The number of hydrogen-bond acceptors (Lipinski definition) is 9. The van der Waals surface area contributed by atoms with Gasteiger partial charge in [-0.1, -0.05) is 45.9 Å². The Morgan fingerprint density at radius 2 is 1.80 bits per heavy atom. The second-order valence-corrected chi connectivity index (χ2v) is 15.0. The second-order valence-electron chi connectivity index (χ2n) is 15.0. The van der Waals surface area contributed by atoms with E-state index in [0.29, 0.717) is 12.3 Å². The van der Waals surface area contributed by atoms with E-state index in [4.69, 9.17) is 24.0 Å². The number of nitrogens with one attached hydrogen (secondary N) is 3. The Morgan fingerprint density at radius 3 is 2.55 bits per heavy atom. The molecule has 2 bridgehead atoms. The average Bonchev–Trinajstić information content (AvgIpc) is 3.32. The summed E-state index contributed by atoms with van der Waals surface area (Å²) in [6.07, 6.45) is 3.39. The zero-order chi connectivity index (χ0) is 35.1. The van der Waals surface area contributed by atoms with Crippen molar-refractivity contribution in [3.05, 3.63) is 36.0 Å². The topological polar surface area (TPSA) is 175 Å². The third kappa shape index (κ3) is 7.08. The van der Waals surface area contributed by atoms with Crippen molar-refractivity contribution in [1.82, 2.24) is 15.6 Å². The van der Waals surface area contributed by atoms with Crippen molar-refractivity contribution in [3.63, 3.8) is 0 Å². The van der Waals surface area contributed by atoms with Gasteiger partial charge in [0.1, 0.15) is 12.1 Å². The Hall–Kier alpha value is -3.52. The zero-order valence-corrected chi connectivity index (χ0v) is 28.9. The van der Waals surface area contributed by atoms with Gasteiger partial charge in [-0.2, -0.15) is 0 Å². The SMILES string of the molecule is CC(C)C[C@H](NC(=O)CCC(=O)O[C@@H]1O[C@H]2O[C@]3(C)CC[C@H]4[C@H](C)CC[C@@H]([C@@H]1C)[C@@]24OO3)C(=O)N[C@@H](Cc1c[nH]c2ccccc12)C(=O)O. The summed E-state index contributed by atoms with van der Waals surface area (Å²) in [6, 6.07) is 5.32. The van der Waals surface area contributed by atoms with E-state index in [1.807, 2.05) is 52.0 Å². The van der Waals surface area contributed by atoms with Crippen molar-refractivity contribution in [1.29, 1.82) is 0 Å². The molecule has 7 rings (SSSR count). The molecular weight excluding hydrogens is 634 g/mol. The van der Waals surface area contributed by atoms with Crippen LogP contribution in [0.15, 0.2) is 30.5 Å². The van der Waals surface area contributed by atoms with Crippen LogP contribution in [0, 0.1) is 29.6 Å². The maximum absolute atomic E-state index is 13.3. The van der Waals surface area contributed by atoms with Gasteiger partial charge in [0.2, 0.25) is 23.9 Å². The Morgan fingerprint density at radius 1 is 1.02 bits per heavy atom. The van der Waals surface area contributed by atoms with Gasteiger partial charge in [0.25, 0.3) is 0 Å². The van der Waals surface area contributed by atoms with Crippen LogP contribution < -0.4 is 10.6 Å². The monoisotopic (exact) mass is 683 g/mol. The van der Waals surface area contributed by atoms with Gasteiger partial charge in [-0.25, -0.2) is 14.6 Å². The summed E-state index contributed by atoms with van der Waals surface area (Å²) in [7, 11) is 0. The molecule has 4 aliphatic heterocycles. The van der Waals surface area contributed by atoms with E-state index in [-0.39, 0.29) is 49.4 Å². The molecular formula is C36H49N3O10. The van der Waals surface area contributed by atoms with E-state index in [0.717, 1.165) is 35.7 Å². The Balaban J connectivity index is 1.05. The van der Waals surface area contributed by atoms with Gasteiger partial charge >= 0.3 is 11.9 Å². The first-order valence-electron chi connectivity index (χ1n) is 17.6. The second kappa shape index (κ2) is 14.0. The van der Waals surface area contributed by atoms with Crippen LogP contribution in [0.3, 0.4) is 0 Å². The van der Waals surface area contributed by atoms with Crippen LogP contribution in [0.2, 0.25) is 0 Å². The van der Waals surface area contributed by atoms with Crippen molar-refractivity contribution in [2.75, 3.05) is 0 Å². The van der Waals surface area contributed by atoms with Gasteiger partial charge < -0.3 is 34.9 Å². The van der Waals surface area contributed by atoms with Crippen LogP contribution >= 0.6 is 0 Å². The van der Waals surface area contributed by atoms with Crippen molar-refractivity contribution < 1.29 is 48.3 Å². The molecule has 5 fully saturated rings. The highest BCUT2D eigenvalue weighted by molar-refractivity contribution is 5.91. The van der Waals surface area contributed by atoms with Gasteiger partial charge in [0.15, 0.2) is 11.9 Å². The van der Waals surface area contributed by atoms with Gasteiger partial charge in [-0.05, 0) is 62.0 Å². The normalized spacial score (nSPS) is 33.3. The molecule has 1 saturated carbocycles. The Kier molecular flexibility index (Phi) is 10.1. The number of fused-ring (bicyclic) bond motifs is 3. The van der Waals surface area contributed by atoms with E-state index in [2.05, 4.69) is 22.5 Å². The van der Waals surface area contributed by atoms with Gasteiger partial charge in [-0.15, -0.1) is 0 Å². The summed E-state index contributed by atoms with van der Waals surface area (Å²) in [4.78, 5) is 66.7. The molecule has 268 valence electrons. The van der Waals surface area contributed by atoms with E-state index >= 15 is 0 Å². The number of para-hydroxylation sites is 1. The van der Waals surface area contributed by atoms with Crippen LogP contribution in [0.4, 0.5) is 0 Å². The van der Waals surface area contributed by atoms with Crippen molar-refractivity contribution in [2.24, 2.45) is 29.6 Å². The number of hydrogen-bond donors (Lipinski definition) is 4. The number of carboxylic acids is 1. The van der Waals surface area contributed by atoms with Crippen LogP contribution in [-0.2, 0) is 49.6 Å². The number of carbonyl (C=O) groups is 4. The van der Waals surface area contributed by atoms with Crippen molar-refractivity contribution in [3.8, 4) is 0 Å². The predicted octanol–water partition coefficient (Wildman–Crippen LogP) is 4.34. The fourth-order valence-corrected chi connectivity index (χ4v) is 8.37. The van der Waals surface area contributed by atoms with Gasteiger partial charge in [-0.3, -0.25) is 14.4 Å². The first kappa shape index (κ1) is 35.3. The number of esters is 1. The molecule has 13 heteroatoms. The number of carboxylic acid groups (broad SMARTS) is 1. The van der Waals surface area contributed by atoms with Gasteiger partial charge in [0, 0.05) is 48.2 Å². The highest BCUT2D eigenvalue weighted by Crippen LogP contribution is 2.60. The molecule has 1 aromatic heterocycles. The first-order chi connectivity index (χ1) is 23.3. The molecule has 5 heterocycles. The molecule has 0 radical (unpaired) electrons. The number of amides is 2. The lowest BCUT2D eigenvalue weighted by Crippen LogP contribution is -2.70. The molecule has 5 aliphatic rings. The minimum Gasteiger partial charge on any atom is -0.480 e. The van der Waals surface area contributed by atoms with Crippen molar-refractivity contribution in [2.45, 2.75) is 122 Å². The number of aromatic nitrogens is 1. The Labute approximate surface area is 286 Å². The lowest BCUT2D eigenvalue weighted by atomic mass is 9.58. The van der Waals surface area contributed by atoms with E-state index in [1.165, 1.54) is 0 Å². The zero-order valence-electron chi connectivity index (χ0n) is 28.9. The summed E-state index contributed by atoms with van der Waals surface area (Å²) < 4.78 is 18.5. The summed E-state index contributed by atoms with van der Waals surface area (Å²) in [5, 5.41) is 16.1. The number of rotatable bonds is 12. The maximum atomic E-state index is 13.3. The fourth-order valence-electron chi connectivity index (χ4n) is 8.37. The third-order valence-electron chi connectivity index (χ3n) is 11.0. The number of H-pyrrole nitrogens is 1. The molecule has 1 aromatic carbocycles. The lowest BCUT2D eigenvalue weighted by molar-refractivity contribution is -0.576. The third-order valence-corrected chi connectivity index (χ3v) is 11.0. The molecule has 1 spiro atoms. The molecule has 2 amide bonds. The summed E-state index contributed by atoms with van der Waals surface area (Å²) in [5.41, 5.74) is 0.838. The van der Waals surface area contributed by atoms with Crippen LogP contribution in [0.5, 0.6) is 0 Å². The molecule has 1 aliphatic carbocycles. The highest BCUT2D eigenvalue weighted by atomic mass is 17.3. The number of carbonyl (C=O) groups excluding carboxylic acids is 3. The Bertz CT molecular complexity index is 1560. The predicted molar refractivity (Wildman–Crippen MR) is 175 cm³/mol. The summed E-state index contributed by atoms with van der Waals surface area (Å²) >= 11 is 0. The molecule has 4 N–H and O–H groups in total. The van der Waals surface area contributed by atoms with Gasteiger partial charge in [0.05, 0.1) is 6.42 Å². The van der Waals surface area contributed by atoms with E-state index < -0.39 is 59.8 Å². The quantitative estimate of drug-likeness (QED) is 0.186. The molecule has 13 nitrogen and oxygen atoms in total. The minimum atomic E-state index is -1.21. The number of ether oxygens (including phenoxy) is 3. The van der Waals surface area contributed by atoms with Crippen LogP contribution in [-0.4, -0.2) is 69.9 Å². The summed E-state index contributed by atoms with van der Waals surface area (Å²) in [5.74, 6) is -3.50. The molecule has 4 saturated heterocycles. The lowest BCUT2D eigenvalue weighted by Gasteiger charge is -2.59. The summed E-state index contributed by atoms with van der Waals surface area (Å²) in [6.45, 7) is 9.83. The minimum absolute atomic E-state index is 0.0166. The van der Waals surface area contributed by atoms with E-state index in [1.54, 1.807) is 6.20 Å². The standard InChI is InChI=1S/C36H49N3O10/c1-19(2)16-27(31(42)39-28(32(43)44)17-22-18-37-26-9-7-6-8-23(22)26)38-29(40)12-13-30(41)45-33-21(4)25-11-10-20(3)24-14-15-35(5)47-34(46-33)36(24,25)49-48-35/h6-9,18-21,24-25,27-28,33-34,37H,10-17H2,1-5H3,(H,38,40)(H,39,42)(H,43,44)/t20-,21+,24+,25+,27+,28+,33-,34+,35+,36-/m1/s1. The van der Waals surface area contributed by atoms with Crippen molar-refractivity contribution >= 4 is 34.7 Å². The largest absolute Gasteiger partial charge is 0.480 e. The van der Waals surface area contributed by atoms with E-state index in [9.17, 15) is 24.3 Å². The highest BCUT2D eigenvalue weighted by Gasteiger charge is 2.69. The van der Waals surface area contributed by atoms with Crippen LogP contribution in [0.1, 0.15) is 85.1 Å².